The maximum absolute atomic E-state index is 11.8. The number of unbranched alkanes of at least 4 members (excludes halogenated alkanes) is 1. The van der Waals surface area contributed by atoms with E-state index < -0.39 is 0 Å². The molecule has 1 atom stereocenters. The molecule has 4 heteroatoms. The van der Waals surface area contributed by atoms with Crippen LogP contribution in [0.2, 0.25) is 0 Å². The Hall–Kier alpha value is -0.610. The van der Waals surface area contributed by atoms with Crippen LogP contribution in [0.1, 0.15) is 40.0 Å². The highest BCUT2D eigenvalue weighted by molar-refractivity contribution is 5.81. The van der Waals surface area contributed by atoms with Gasteiger partial charge in [0.25, 0.3) is 0 Å². The molecule has 0 aromatic rings. The van der Waals surface area contributed by atoms with Crippen LogP contribution in [0.4, 0.5) is 0 Å². The minimum Gasteiger partial charge on any atom is -0.355 e. The zero-order valence-corrected chi connectivity index (χ0v) is 10.8. The van der Waals surface area contributed by atoms with Gasteiger partial charge in [-0.05, 0) is 19.8 Å². The fraction of sp³-hybridized carbons (Fsp3) is 0.917. The molecule has 1 aliphatic heterocycles. The molecule has 16 heavy (non-hydrogen) atoms. The van der Waals surface area contributed by atoms with Gasteiger partial charge in [-0.25, -0.2) is 0 Å². The maximum Gasteiger partial charge on any atom is 0.237 e. The highest BCUT2D eigenvalue weighted by Crippen LogP contribution is 2.23. The lowest BCUT2D eigenvalue weighted by Crippen LogP contribution is -2.70. The summed E-state index contributed by atoms with van der Waals surface area (Å²) in [6.45, 7) is 8.64. The summed E-state index contributed by atoms with van der Waals surface area (Å²) < 4.78 is 0. The van der Waals surface area contributed by atoms with Gasteiger partial charge in [0.1, 0.15) is 0 Å². The monoisotopic (exact) mass is 227 g/mol. The molecular weight excluding hydrogens is 202 g/mol. The lowest BCUT2D eigenvalue weighted by molar-refractivity contribution is -0.129. The first-order valence-corrected chi connectivity index (χ1v) is 6.33. The van der Waals surface area contributed by atoms with E-state index in [0.717, 1.165) is 38.9 Å². The van der Waals surface area contributed by atoms with Gasteiger partial charge in [0.05, 0.1) is 6.04 Å². The Labute approximate surface area is 98.6 Å². The topological polar surface area (TPSA) is 58.4 Å². The molecule has 0 aromatic carbocycles. The third kappa shape index (κ3) is 3.19. The summed E-state index contributed by atoms with van der Waals surface area (Å²) in [6.07, 6.45) is 3.14. The van der Waals surface area contributed by atoms with Gasteiger partial charge in [0.2, 0.25) is 5.91 Å². The Morgan fingerprint density at radius 1 is 1.50 bits per heavy atom. The highest BCUT2D eigenvalue weighted by atomic mass is 16.2. The van der Waals surface area contributed by atoms with Crippen molar-refractivity contribution in [2.24, 2.45) is 5.73 Å². The molecule has 0 aliphatic carbocycles. The molecule has 1 rings (SSSR count). The van der Waals surface area contributed by atoms with Crippen molar-refractivity contribution >= 4 is 5.91 Å². The highest BCUT2D eigenvalue weighted by Gasteiger charge is 2.41. The number of amides is 1. The Bertz CT molecular complexity index is 236. The van der Waals surface area contributed by atoms with E-state index in [9.17, 15) is 4.79 Å². The van der Waals surface area contributed by atoms with E-state index in [4.69, 9.17) is 5.73 Å². The number of nitrogens with one attached hydrogen (secondary N) is 1. The zero-order valence-electron chi connectivity index (χ0n) is 10.8. The minimum atomic E-state index is -0.0576. The molecule has 0 aromatic heterocycles. The molecule has 1 heterocycles. The summed E-state index contributed by atoms with van der Waals surface area (Å²) in [7, 11) is 0. The number of rotatable bonds is 6. The van der Waals surface area contributed by atoms with Crippen LogP contribution in [-0.2, 0) is 4.79 Å². The smallest absolute Gasteiger partial charge is 0.237 e. The first-order valence-electron chi connectivity index (χ1n) is 6.33. The summed E-state index contributed by atoms with van der Waals surface area (Å²) in [5.74, 6) is 0.131. The molecule has 1 aliphatic rings. The van der Waals surface area contributed by atoms with Crippen LogP contribution in [0.3, 0.4) is 0 Å². The number of carbonyl (C=O) groups is 1. The minimum absolute atomic E-state index is 0.0416. The summed E-state index contributed by atoms with van der Waals surface area (Å²) >= 11 is 0. The number of hydrogen-bond donors (Lipinski definition) is 2. The fourth-order valence-corrected chi connectivity index (χ4v) is 1.96. The first kappa shape index (κ1) is 13.5. The van der Waals surface area contributed by atoms with Crippen molar-refractivity contribution < 1.29 is 4.79 Å². The van der Waals surface area contributed by atoms with Crippen molar-refractivity contribution in [2.75, 3.05) is 19.6 Å². The van der Waals surface area contributed by atoms with Gasteiger partial charge >= 0.3 is 0 Å². The van der Waals surface area contributed by atoms with Gasteiger partial charge in [-0.1, -0.05) is 20.3 Å². The predicted octanol–water partition coefficient (Wildman–Crippen LogP) is 0.714. The second kappa shape index (κ2) is 5.64. The van der Waals surface area contributed by atoms with Crippen LogP contribution in [-0.4, -0.2) is 42.0 Å². The number of carbonyl (C=O) groups excluding carboxylic acids is 1. The van der Waals surface area contributed by atoms with Crippen molar-refractivity contribution in [1.29, 1.82) is 0 Å². The van der Waals surface area contributed by atoms with Crippen LogP contribution in [0, 0.1) is 0 Å². The van der Waals surface area contributed by atoms with E-state index in [0.29, 0.717) is 0 Å². The summed E-state index contributed by atoms with van der Waals surface area (Å²) in [5.41, 5.74) is 6.02. The number of hydrogen-bond acceptors (Lipinski definition) is 3. The van der Waals surface area contributed by atoms with E-state index in [1.165, 1.54) is 0 Å². The Morgan fingerprint density at radius 2 is 2.12 bits per heavy atom. The standard InChI is InChI=1S/C12H25N3O/c1-4-6-7-14-11(16)10(3)15-8-12(13,5-2)9-15/h10H,4-9,13H2,1-3H3,(H,14,16). The predicted molar refractivity (Wildman–Crippen MR) is 66.2 cm³/mol. The molecule has 0 radical (unpaired) electrons. The lowest BCUT2D eigenvalue weighted by Gasteiger charge is -2.49. The van der Waals surface area contributed by atoms with Gasteiger partial charge in [0, 0.05) is 25.2 Å². The average molecular weight is 227 g/mol. The normalized spacial score (nSPS) is 21.2. The van der Waals surface area contributed by atoms with Crippen molar-refractivity contribution in [3.63, 3.8) is 0 Å². The molecule has 1 fully saturated rings. The molecule has 1 saturated heterocycles. The number of nitrogens with two attached hydrogens (primary N) is 1. The number of likely N-dealkylation sites (tertiary alicyclic amines) is 1. The van der Waals surface area contributed by atoms with Crippen molar-refractivity contribution in [3.05, 3.63) is 0 Å². The van der Waals surface area contributed by atoms with Crippen molar-refractivity contribution in [3.8, 4) is 0 Å². The van der Waals surface area contributed by atoms with E-state index in [2.05, 4.69) is 24.1 Å². The summed E-state index contributed by atoms with van der Waals surface area (Å²) in [4.78, 5) is 13.9. The second-order valence-electron chi connectivity index (χ2n) is 4.94. The van der Waals surface area contributed by atoms with E-state index >= 15 is 0 Å². The third-order valence-corrected chi connectivity index (χ3v) is 3.50. The van der Waals surface area contributed by atoms with Crippen LogP contribution in [0.15, 0.2) is 0 Å². The van der Waals surface area contributed by atoms with Crippen LogP contribution < -0.4 is 11.1 Å². The molecule has 4 nitrogen and oxygen atoms in total. The van der Waals surface area contributed by atoms with Crippen LogP contribution in [0.25, 0.3) is 0 Å². The Balaban J connectivity index is 2.25. The fourth-order valence-electron chi connectivity index (χ4n) is 1.96. The molecule has 94 valence electrons. The summed E-state index contributed by atoms with van der Waals surface area (Å²) in [6, 6.07) is -0.0416. The largest absolute Gasteiger partial charge is 0.355 e. The average Bonchev–Trinajstić information content (AvgIpc) is 2.24. The van der Waals surface area contributed by atoms with Crippen molar-refractivity contribution in [2.45, 2.75) is 51.6 Å². The van der Waals surface area contributed by atoms with Gasteiger partial charge < -0.3 is 11.1 Å². The van der Waals surface area contributed by atoms with Gasteiger partial charge in [-0.15, -0.1) is 0 Å². The van der Waals surface area contributed by atoms with Crippen LogP contribution >= 0.6 is 0 Å². The summed E-state index contributed by atoms with van der Waals surface area (Å²) in [5, 5.41) is 2.96. The second-order valence-corrected chi connectivity index (χ2v) is 4.94. The number of nitrogens with zero attached hydrogens (tertiary/aromatic N) is 1. The Kier molecular flexibility index (Phi) is 4.74. The Morgan fingerprint density at radius 3 is 2.62 bits per heavy atom. The van der Waals surface area contributed by atoms with Gasteiger partial charge in [0.15, 0.2) is 0 Å². The quantitative estimate of drug-likeness (QED) is 0.657. The van der Waals surface area contributed by atoms with Crippen LogP contribution in [0.5, 0.6) is 0 Å². The SMILES string of the molecule is CCCCNC(=O)C(C)N1CC(N)(CC)C1. The molecular formula is C12H25N3O. The van der Waals surface area contributed by atoms with E-state index in [1.54, 1.807) is 0 Å². The molecule has 0 saturated carbocycles. The lowest BCUT2D eigenvalue weighted by atomic mass is 9.87. The maximum atomic E-state index is 11.8. The molecule has 0 spiro atoms. The molecule has 1 amide bonds. The van der Waals surface area contributed by atoms with Gasteiger partial charge in [-0.2, -0.15) is 0 Å². The van der Waals surface area contributed by atoms with E-state index in [1.807, 2.05) is 6.92 Å². The first-order chi connectivity index (χ1) is 7.52. The van der Waals surface area contributed by atoms with E-state index in [-0.39, 0.29) is 17.5 Å². The van der Waals surface area contributed by atoms with Crippen molar-refractivity contribution in [1.82, 2.24) is 10.2 Å². The molecule has 3 N–H and O–H groups in total. The third-order valence-electron chi connectivity index (χ3n) is 3.50. The molecule has 1 unspecified atom stereocenters. The van der Waals surface area contributed by atoms with Gasteiger partial charge in [-0.3, -0.25) is 9.69 Å². The molecule has 0 bridgehead atoms. The zero-order chi connectivity index (χ0) is 12.2.